The van der Waals surface area contributed by atoms with Gasteiger partial charge in [-0.25, -0.2) is 0 Å². The molecule has 0 saturated heterocycles. The van der Waals surface area contributed by atoms with Crippen molar-refractivity contribution in [1.29, 1.82) is 0 Å². The molecular weight excluding hydrogens is 300 g/mol. The van der Waals surface area contributed by atoms with Crippen molar-refractivity contribution in [1.82, 2.24) is 0 Å². The molecule has 1 fully saturated rings. The lowest BCUT2D eigenvalue weighted by atomic mass is 9.92. The fourth-order valence-electron chi connectivity index (χ4n) is 2.54. The molecule has 1 saturated carbocycles. The number of hydrogen-bond donors (Lipinski definition) is 2. The zero-order valence-corrected chi connectivity index (χ0v) is 14.0. The van der Waals surface area contributed by atoms with Gasteiger partial charge in [-0.05, 0) is 48.9 Å². The van der Waals surface area contributed by atoms with Gasteiger partial charge in [-0.15, -0.1) is 0 Å². The second kappa shape index (κ2) is 7.16. The third-order valence-electron chi connectivity index (χ3n) is 4.35. The van der Waals surface area contributed by atoms with E-state index in [9.17, 15) is 4.79 Å². The van der Waals surface area contributed by atoms with Crippen molar-refractivity contribution < 1.29 is 9.53 Å². The van der Waals surface area contributed by atoms with Gasteiger partial charge in [-0.3, -0.25) is 4.79 Å². The molecule has 1 unspecified atom stereocenters. The first kappa shape index (κ1) is 16.7. The van der Waals surface area contributed by atoms with Crippen LogP contribution in [0.1, 0.15) is 30.9 Å². The maximum absolute atomic E-state index is 12.6. The van der Waals surface area contributed by atoms with Gasteiger partial charge in [0.05, 0.1) is 6.61 Å². The fourth-order valence-corrected chi connectivity index (χ4v) is 2.54. The van der Waals surface area contributed by atoms with E-state index in [1.165, 1.54) is 12.8 Å². The molecule has 3 N–H and O–H groups in total. The van der Waals surface area contributed by atoms with E-state index in [1.54, 1.807) is 6.92 Å². The minimum atomic E-state index is -1.08. The molecular formula is C20H24N2O2. The van der Waals surface area contributed by atoms with Crippen LogP contribution in [0.15, 0.2) is 54.6 Å². The summed E-state index contributed by atoms with van der Waals surface area (Å²) in [6, 6.07) is 17.1. The Morgan fingerprint density at radius 2 is 1.96 bits per heavy atom. The Labute approximate surface area is 143 Å². The Morgan fingerprint density at radius 3 is 2.67 bits per heavy atom. The highest BCUT2D eigenvalue weighted by Crippen LogP contribution is 2.29. The summed E-state index contributed by atoms with van der Waals surface area (Å²) < 4.78 is 5.70. The van der Waals surface area contributed by atoms with Crippen molar-refractivity contribution in [2.24, 2.45) is 11.7 Å². The highest BCUT2D eigenvalue weighted by atomic mass is 16.5. The smallest absolute Gasteiger partial charge is 0.248 e. The minimum Gasteiger partial charge on any atom is -0.376 e. The van der Waals surface area contributed by atoms with Gasteiger partial charge < -0.3 is 15.8 Å². The monoisotopic (exact) mass is 324 g/mol. The van der Waals surface area contributed by atoms with Crippen LogP contribution in [-0.2, 0) is 21.7 Å². The molecule has 24 heavy (non-hydrogen) atoms. The molecule has 0 spiro atoms. The molecule has 2 aromatic carbocycles. The molecule has 2 aromatic rings. The van der Waals surface area contributed by atoms with Gasteiger partial charge in [0, 0.05) is 12.3 Å². The Bertz CT molecular complexity index is 694. The van der Waals surface area contributed by atoms with Crippen molar-refractivity contribution in [3.63, 3.8) is 0 Å². The second-order valence-corrected chi connectivity index (χ2v) is 6.68. The summed E-state index contributed by atoms with van der Waals surface area (Å²) in [4.78, 5) is 12.6. The Balaban J connectivity index is 1.63. The van der Waals surface area contributed by atoms with Crippen LogP contribution in [-0.4, -0.2) is 12.5 Å². The number of amides is 1. The number of benzene rings is 2. The Hall–Kier alpha value is -2.17. The molecule has 0 radical (unpaired) electrons. The maximum atomic E-state index is 12.6. The largest absolute Gasteiger partial charge is 0.376 e. The van der Waals surface area contributed by atoms with Gasteiger partial charge in [0.25, 0.3) is 0 Å². The van der Waals surface area contributed by atoms with Crippen LogP contribution in [0.2, 0.25) is 0 Å². The lowest BCUT2D eigenvalue weighted by Gasteiger charge is -2.24. The predicted octanol–water partition coefficient (Wildman–Crippen LogP) is 3.43. The number of anilines is 1. The molecule has 4 nitrogen and oxygen atoms in total. The predicted molar refractivity (Wildman–Crippen MR) is 95.4 cm³/mol. The van der Waals surface area contributed by atoms with E-state index < -0.39 is 5.54 Å². The van der Waals surface area contributed by atoms with E-state index >= 15 is 0 Å². The van der Waals surface area contributed by atoms with Crippen molar-refractivity contribution in [2.75, 3.05) is 11.9 Å². The van der Waals surface area contributed by atoms with E-state index in [2.05, 4.69) is 5.32 Å². The normalized spacial score (nSPS) is 16.4. The third kappa shape index (κ3) is 4.22. The number of rotatable bonds is 7. The quantitative estimate of drug-likeness (QED) is 0.820. The topological polar surface area (TPSA) is 64.4 Å². The summed E-state index contributed by atoms with van der Waals surface area (Å²) >= 11 is 0. The molecule has 0 aromatic heterocycles. The minimum absolute atomic E-state index is 0.232. The first-order chi connectivity index (χ1) is 11.6. The van der Waals surface area contributed by atoms with Gasteiger partial charge in [0.2, 0.25) is 5.91 Å². The first-order valence-electron chi connectivity index (χ1n) is 8.38. The van der Waals surface area contributed by atoms with Crippen molar-refractivity contribution in [2.45, 2.75) is 31.9 Å². The molecule has 3 rings (SSSR count). The van der Waals surface area contributed by atoms with Gasteiger partial charge in [-0.1, -0.05) is 42.5 Å². The highest BCUT2D eigenvalue weighted by Gasteiger charge is 2.30. The molecule has 126 valence electrons. The number of nitrogens with two attached hydrogens (primary N) is 1. The average Bonchev–Trinajstić information content (AvgIpc) is 3.40. The van der Waals surface area contributed by atoms with Gasteiger partial charge >= 0.3 is 0 Å². The van der Waals surface area contributed by atoms with Gasteiger partial charge in [-0.2, -0.15) is 0 Å². The van der Waals surface area contributed by atoms with E-state index in [0.29, 0.717) is 6.61 Å². The molecule has 1 aliphatic rings. The standard InChI is InChI=1S/C20H24N2O2/c1-20(21,17-7-3-2-4-8-17)19(23)22-18-9-5-6-16(12-18)14-24-13-15-10-11-15/h2-9,12,15H,10-11,13-14,21H2,1H3,(H,22,23). The van der Waals surface area contributed by atoms with Crippen LogP contribution in [0.4, 0.5) is 5.69 Å². The summed E-state index contributed by atoms with van der Waals surface area (Å²) in [5.74, 6) is 0.515. The van der Waals surface area contributed by atoms with Gasteiger partial charge in [0.1, 0.15) is 5.54 Å². The van der Waals surface area contributed by atoms with E-state index in [4.69, 9.17) is 10.5 Å². The van der Waals surface area contributed by atoms with E-state index in [0.717, 1.165) is 29.3 Å². The van der Waals surface area contributed by atoms with E-state index in [-0.39, 0.29) is 5.91 Å². The molecule has 0 heterocycles. The second-order valence-electron chi connectivity index (χ2n) is 6.68. The van der Waals surface area contributed by atoms with Crippen molar-refractivity contribution in [3.8, 4) is 0 Å². The molecule has 1 atom stereocenters. The lowest BCUT2D eigenvalue weighted by molar-refractivity contribution is -0.120. The van der Waals surface area contributed by atoms with Crippen LogP contribution in [0.3, 0.4) is 0 Å². The number of carbonyl (C=O) groups is 1. The fraction of sp³-hybridized carbons (Fsp3) is 0.350. The zero-order valence-electron chi connectivity index (χ0n) is 14.0. The third-order valence-corrected chi connectivity index (χ3v) is 4.35. The zero-order chi connectivity index (χ0) is 17.0. The van der Waals surface area contributed by atoms with E-state index in [1.807, 2.05) is 54.6 Å². The maximum Gasteiger partial charge on any atom is 0.248 e. The van der Waals surface area contributed by atoms with Crippen LogP contribution in [0.25, 0.3) is 0 Å². The van der Waals surface area contributed by atoms with Crippen LogP contribution >= 0.6 is 0 Å². The Kier molecular flexibility index (Phi) is 4.97. The van der Waals surface area contributed by atoms with Crippen LogP contribution in [0, 0.1) is 5.92 Å². The SMILES string of the molecule is CC(N)(C(=O)Nc1cccc(COCC2CC2)c1)c1ccccc1. The molecule has 4 heteroatoms. The summed E-state index contributed by atoms with van der Waals surface area (Å²) in [6.07, 6.45) is 2.56. The Morgan fingerprint density at radius 1 is 1.21 bits per heavy atom. The average molecular weight is 324 g/mol. The number of carbonyl (C=O) groups excluding carboxylic acids is 1. The van der Waals surface area contributed by atoms with Gasteiger partial charge in [0.15, 0.2) is 0 Å². The lowest BCUT2D eigenvalue weighted by Crippen LogP contribution is -2.45. The summed E-state index contributed by atoms with van der Waals surface area (Å²) in [5, 5.41) is 2.91. The number of nitrogens with one attached hydrogen (secondary N) is 1. The number of hydrogen-bond acceptors (Lipinski definition) is 3. The highest BCUT2D eigenvalue weighted by molar-refractivity contribution is 5.98. The summed E-state index contributed by atoms with van der Waals surface area (Å²) in [7, 11) is 0. The number of ether oxygens (including phenoxy) is 1. The van der Waals surface area contributed by atoms with Crippen molar-refractivity contribution >= 4 is 11.6 Å². The van der Waals surface area contributed by atoms with Crippen LogP contribution in [0.5, 0.6) is 0 Å². The molecule has 0 bridgehead atoms. The summed E-state index contributed by atoms with van der Waals surface area (Å²) in [5.41, 5.74) is 7.74. The molecule has 1 aliphatic carbocycles. The molecule has 0 aliphatic heterocycles. The first-order valence-corrected chi connectivity index (χ1v) is 8.38. The van der Waals surface area contributed by atoms with Crippen LogP contribution < -0.4 is 11.1 Å². The molecule has 1 amide bonds. The summed E-state index contributed by atoms with van der Waals surface area (Å²) in [6.45, 7) is 3.12. The van der Waals surface area contributed by atoms with Crippen molar-refractivity contribution in [3.05, 3.63) is 65.7 Å².